The van der Waals surface area contributed by atoms with Gasteiger partial charge in [-0.1, -0.05) is 0 Å². The molecule has 1 aliphatic heterocycles. The molecule has 0 amide bonds. The Labute approximate surface area is 106 Å². The zero-order chi connectivity index (χ0) is 13.2. The SMILES string of the molecule is Nc1ccc(F)cc1CS(=O)(=O)CC1CCCO1. The summed E-state index contributed by atoms with van der Waals surface area (Å²) >= 11 is 0. The highest BCUT2D eigenvalue weighted by Gasteiger charge is 2.24. The molecule has 100 valence electrons. The van der Waals surface area contributed by atoms with E-state index in [1.54, 1.807) is 0 Å². The van der Waals surface area contributed by atoms with Crippen LogP contribution in [0, 0.1) is 5.82 Å². The first-order chi connectivity index (χ1) is 8.46. The molecule has 2 N–H and O–H groups in total. The van der Waals surface area contributed by atoms with Crippen LogP contribution in [-0.4, -0.2) is 26.9 Å². The number of ether oxygens (including phenoxy) is 1. The van der Waals surface area contributed by atoms with Crippen LogP contribution in [-0.2, 0) is 20.3 Å². The largest absolute Gasteiger partial charge is 0.398 e. The van der Waals surface area contributed by atoms with Crippen molar-refractivity contribution in [3.05, 3.63) is 29.6 Å². The van der Waals surface area contributed by atoms with Crippen LogP contribution in [0.5, 0.6) is 0 Å². The normalized spacial score (nSPS) is 20.2. The third kappa shape index (κ3) is 3.43. The number of nitrogens with two attached hydrogens (primary N) is 1. The van der Waals surface area contributed by atoms with E-state index in [1.807, 2.05) is 0 Å². The van der Waals surface area contributed by atoms with E-state index in [0.717, 1.165) is 12.8 Å². The number of hydrogen-bond donors (Lipinski definition) is 1. The lowest BCUT2D eigenvalue weighted by atomic mass is 10.2. The summed E-state index contributed by atoms with van der Waals surface area (Å²) in [7, 11) is -3.33. The minimum atomic E-state index is -3.33. The van der Waals surface area contributed by atoms with Crippen molar-refractivity contribution < 1.29 is 17.5 Å². The van der Waals surface area contributed by atoms with Crippen molar-refractivity contribution >= 4 is 15.5 Å². The fourth-order valence-electron chi connectivity index (χ4n) is 2.05. The number of rotatable bonds is 4. The van der Waals surface area contributed by atoms with Gasteiger partial charge in [-0.2, -0.15) is 0 Å². The molecule has 0 aliphatic carbocycles. The second-order valence-electron chi connectivity index (χ2n) is 4.53. The Morgan fingerprint density at radius 3 is 2.89 bits per heavy atom. The zero-order valence-electron chi connectivity index (χ0n) is 9.93. The topological polar surface area (TPSA) is 69.4 Å². The van der Waals surface area contributed by atoms with Gasteiger partial charge in [-0.15, -0.1) is 0 Å². The van der Waals surface area contributed by atoms with Gasteiger partial charge in [-0.05, 0) is 36.6 Å². The first-order valence-corrected chi connectivity index (χ1v) is 7.64. The summed E-state index contributed by atoms with van der Waals surface area (Å²) in [6.07, 6.45) is 1.42. The monoisotopic (exact) mass is 273 g/mol. The summed E-state index contributed by atoms with van der Waals surface area (Å²) in [6.45, 7) is 0.613. The average Bonchev–Trinajstić information content (AvgIpc) is 2.75. The molecule has 0 bridgehead atoms. The van der Waals surface area contributed by atoms with Gasteiger partial charge in [0.2, 0.25) is 0 Å². The average molecular weight is 273 g/mol. The number of anilines is 1. The minimum absolute atomic E-state index is 0.0248. The van der Waals surface area contributed by atoms with Crippen LogP contribution >= 0.6 is 0 Å². The summed E-state index contributed by atoms with van der Waals surface area (Å²) in [5.74, 6) is -0.745. The zero-order valence-corrected chi connectivity index (χ0v) is 10.7. The van der Waals surface area contributed by atoms with Gasteiger partial charge < -0.3 is 10.5 Å². The van der Waals surface area contributed by atoms with Gasteiger partial charge in [0.15, 0.2) is 9.84 Å². The lowest BCUT2D eigenvalue weighted by Gasteiger charge is -2.11. The molecule has 1 fully saturated rings. The van der Waals surface area contributed by atoms with Crippen molar-refractivity contribution in [2.75, 3.05) is 18.1 Å². The summed E-state index contributed by atoms with van der Waals surface area (Å²) in [4.78, 5) is 0. The lowest BCUT2D eigenvalue weighted by Crippen LogP contribution is -2.21. The number of hydrogen-bond acceptors (Lipinski definition) is 4. The minimum Gasteiger partial charge on any atom is -0.398 e. The first kappa shape index (κ1) is 13.3. The molecular weight excluding hydrogens is 257 g/mol. The standard InChI is InChI=1S/C12H16FNO3S/c13-10-3-4-12(14)9(6-10)7-18(15,16)8-11-2-1-5-17-11/h3-4,6,11H,1-2,5,7-8,14H2. The summed E-state index contributed by atoms with van der Waals surface area (Å²) < 4.78 is 42.3. The highest BCUT2D eigenvalue weighted by Crippen LogP contribution is 2.20. The van der Waals surface area contributed by atoms with Gasteiger partial charge in [-0.3, -0.25) is 0 Å². The van der Waals surface area contributed by atoms with Crippen LogP contribution in [0.3, 0.4) is 0 Å². The first-order valence-electron chi connectivity index (χ1n) is 5.82. The molecule has 1 saturated heterocycles. The van der Waals surface area contributed by atoms with Gasteiger partial charge in [0.05, 0.1) is 17.6 Å². The van der Waals surface area contributed by atoms with Crippen molar-refractivity contribution in [3.63, 3.8) is 0 Å². The Kier molecular flexibility index (Phi) is 3.87. The maximum atomic E-state index is 13.1. The Morgan fingerprint density at radius 1 is 1.44 bits per heavy atom. The van der Waals surface area contributed by atoms with Gasteiger partial charge in [0, 0.05) is 12.3 Å². The van der Waals surface area contributed by atoms with Crippen LogP contribution in [0.2, 0.25) is 0 Å². The number of halogens is 1. The number of benzene rings is 1. The fraction of sp³-hybridized carbons (Fsp3) is 0.500. The summed E-state index contributed by atoms with van der Waals surface area (Å²) in [5, 5.41) is 0. The van der Waals surface area contributed by atoms with Crippen LogP contribution in [0.1, 0.15) is 18.4 Å². The molecular formula is C12H16FNO3S. The van der Waals surface area contributed by atoms with Crippen molar-refractivity contribution in [1.29, 1.82) is 0 Å². The molecule has 1 aromatic rings. The molecule has 2 rings (SSSR count). The molecule has 6 heteroatoms. The molecule has 1 heterocycles. The molecule has 0 saturated carbocycles. The molecule has 1 atom stereocenters. The molecule has 1 unspecified atom stereocenters. The molecule has 1 aromatic carbocycles. The smallest absolute Gasteiger partial charge is 0.157 e. The van der Waals surface area contributed by atoms with Crippen LogP contribution in [0.25, 0.3) is 0 Å². The molecule has 0 aromatic heterocycles. The second-order valence-corrected chi connectivity index (χ2v) is 6.64. The van der Waals surface area contributed by atoms with E-state index in [0.29, 0.717) is 17.9 Å². The third-order valence-electron chi connectivity index (χ3n) is 2.94. The highest BCUT2D eigenvalue weighted by atomic mass is 32.2. The van der Waals surface area contributed by atoms with E-state index in [1.165, 1.54) is 18.2 Å². The van der Waals surface area contributed by atoms with Gasteiger partial charge in [-0.25, -0.2) is 12.8 Å². The molecule has 0 radical (unpaired) electrons. The van der Waals surface area contributed by atoms with Crippen molar-refractivity contribution in [2.24, 2.45) is 0 Å². The van der Waals surface area contributed by atoms with E-state index in [9.17, 15) is 12.8 Å². The van der Waals surface area contributed by atoms with Crippen LogP contribution in [0.4, 0.5) is 10.1 Å². The van der Waals surface area contributed by atoms with Gasteiger partial charge in [0.1, 0.15) is 5.82 Å². The van der Waals surface area contributed by atoms with Gasteiger partial charge >= 0.3 is 0 Å². The highest BCUT2D eigenvalue weighted by molar-refractivity contribution is 7.90. The fourth-order valence-corrected chi connectivity index (χ4v) is 3.73. The molecule has 18 heavy (non-hydrogen) atoms. The number of sulfone groups is 1. The second kappa shape index (κ2) is 5.24. The molecule has 0 spiro atoms. The predicted molar refractivity (Wildman–Crippen MR) is 67.3 cm³/mol. The Morgan fingerprint density at radius 2 is 2.22 bits per heavy atom. The predicted octanol–water partition coefficient (Wildman–Crippen LogP) is 1.50. The quantitative estimate of drug-likeness (QED) is 0.844. The molecule has 1 aliphatic rings. The Bertz CT molecular complexity index is 524. The van der Waals surface area contributed by atoms with E-state index in [4.69, 9.17) is 10.5 Å². The van der Waals surface area contributed by atoms with E-state index >= 15 is 0 Å². The Hall–Kier alpha value is -1.14. The van der Waals surface area contributed by atoms with E-state index in [2.05, 4.69) is 0 Å². The molecule has 4 nitrogen and oxygen atoms in total. The van der Waals surface area contributed by atoms with Crippen molar-refractivity contribution in [3.8, 4) is 0 Å². The lowest BCUT2D eigenvalue weighted by molar-refractivity contribution is 0.127. The van der Waals surface area contributed by atoms with Crippen molar-refractivity contribution in [2.45, 2.75) is 24.7 Å². The summed E-state index contributed by atoms with van der Waals surface area (Å²) in [6, 6.07) is 3.76. The van der Waals surface area contributed by atoms with Crippen LogP contribution in [0.15, 0.2) is 18.2 Å². The van der Waals surface area contributed by atoms with Gasteiger partial charge in [0.25, 0.3) is 0 Å². The van der Waals surface area contributed by atoms with Crippen LogP contribution < -0.4 is 5.73 Å². The van der Waals surface area contributed by atoms with Crippen molar-refractivity contribution in [1.82, 2.24) is 0 Å². The maximum Gasteiger partial charge on any atom is 0.157 e. The van der Waals surface area contributed by atoms with E-state index < -0.39 is 15.7 Å². The maximum absolute atomic E-state index is 13.1. The van der Waals surface area contributed by atoms with E-state index in [-0.39, 0.29) is 17.6 Å². The number of nitrogen functional groups attached to an aromatic ring is 1. The Balaban J connectivity index is 2.09. The third-order valence-corrected chi connectivity index (χ3v) is 4.57. The summed E-state index contributed by atoms with van der Waals surface area (Å²) in [5.41, 5.74) is 6.25.